The summed E-state index contributed by atoms with van der Waals surface area (Å²) in [7, 11) is 0. The highest BCUT2D eigenvalue weighted by molar-refractivity contribution is 6.44. The molecule has 1 aromatic carbocycles. The largest absolute Gasteiger partial charge is 0.434 e. The molecule has 11 heteroatoms. The lowest BCUT2D eigenvalue weighted by atomic mass is 10.1. The summed E-state index contributed by atoms with van der Waals surface area (Å²) in [5, 5.41) is 15.8. The summed E-state index contributed by atoms with van der Waals surface area (Å²) < 4.78 is 52.7. The van der Waals surface area contributed by atoms with Crippen LogP contribution in [0.4, 0.5) is 23.2 Å². The van der Waals surface area contributed by atoms with Crippen LogP contribution in [-0.4, -0.2) is 33.6 Å². The molecule has 0 fully saturated rings. The molecule has 1 unspecified atom stereocenters. The molecule has 1 heterocycles. The van der Waals surface area contributed by atoms with E-state index in [1.54, 1.807) is 16.8 Å². The number of nitrogens with zero attached hydrogens (tertiary/aromatic N) is 2. The topological polar surface area (TPSA) is 82.8 Å². The molecule has 1 amide bonds. The van der Waals surface area contributed by atoms with Crippen molar-refractivity contribution in [3.8, 4) is 5.69 Å². The van der Waals surface area contributed by atoms with Crippen LogP contribution in [0.5, 0.6) is 0 Å². The summed E-state index contributed by atoms with van der Waals surface area (Å²) in [4.78, 5) is 12.6. The Labute approximate surface area is 181 Å². The maximum Gasteiger partial charge on any atom is 0.434 e. The fourth-order valence-corrected chi connectivity index (χ4v) is 2.97. The van der Waals surface area contributed by atoms with Crippen molar-refractivity contribution in [2.75, 3.05) is 5.32 Å². The molecule has 0 aliphatic carbocycles. The number of halogens is 5. The van der Waals surface area contributed by atoms with E-state index in [1.165, 1.54) is 32.2 Å². The van der Waals surface area contributed by atoms with E-state index in [-0.39, 0.29) is 11.6 Å². The van der Waals surface area contributed by atoms with Gasteiger partial charge in [0.2, 0.25) is 5.91 Å². The zero-order valence-electron chi connectivity index (χ0n) is 17.2. The minimum atomic E-state index is -4.90. The van der Waals surface area contributed by atoms with E-state index in [1.807, 2.05) is 13.8 Å². The van der Waals surface area contributed by atoms with Crippen LogP contribution < -0.4 is 10.6 Å². The van der Waals surface area contributed by atoms with Crippen molar-refractivity contribution >= 4 is 28.9 Å². The molecule has 0 saturated heterocycles. The number of carbonyl (C=O) groups is 1. The van der Waals surface area contributed by atoms with Gasteiger partial charge in [-0.15, -0.1) is 0 Å². The molecule has 0 radical (unpaired) electrons. The molecule has 3 N–H and O–H groups in total. The normalized spacial score (nSPS) is 13.6. The first-order valence-corrected chi connectivity index (χ1v) is 9.64. The summed E-state index contributed by atoms with van der Waals surface area (Å²) in [5.74, 6) is -0.992. The van der Waals surface area contributed by atoms with Crippen LogP contribution >= 0.6 is 11.6 Å². The van der Waals surface area contributed by atoms with E-state index in [2.05, 4.69) is 15.7 Å². The van der Waals surface area contributed by atoms with Gasteiger partial charge in [-0.05, 0) is 44.0 Å². The molecule has 168 valence electrons. The van der Waals surface area contributed by atoms with Crippen LogP contribution in [0, 0.1) is 11.2 Å². The Kier molecular flexibility index (Phi) is 7.48. The van der Waals surface area contributed by atoms with E-state index in [0.29, 0.717) is 17.1 Å². The quantitative estimate of drug-likeness (QED) is 0.398. The average Bonchev–Trinajstić information content (AvgIpc) is 3.10. The molecule has 0 saturated carbocycles. The van der Waals surface area contributed by atoms with Crippen molar-refractivity contribution in [3.63, 3.8) is 0 Å². The number of carbonyl (C=O) groups excluding carboxylic acids is 1. The number of rotatable bonds is 7. The van der Waals surface area contributed by atoms with Gasteiger partial charge in [0.1, 0.15) is 11.9 Å². The molecule has 0 bridgehead atoms. The second-order valence-electron chi connectivity index (χ2n) is 7.15. The van der Waals surface area contributed by atoms with E-state index < -0.39 is 34.7 Å². The number of hydrogen-bond acceptors (Lipinski definition) is 4. The summed E-state index contributed by atoms with van der Waals surface area (Å²) in [5.41, 5.74) is -0.176. The molecule has 6 nitrogen and oxygen atoms in total. The molecule has 0 aliphatic rings. The first-order chi connectivity index (χ1) is 14.3. The van der Waals surface area contributed by atoms with Gasteiger partial charge in [0.15, 0.2) is 5.71 Å². The van der Waals surface area contributed by atoms with Gasteiger partial charge in [0, 0.05) is 5.70 Å². The van der Waals surface area contributed by atoms with Crippen molar-refractivity contribution in [2.45, 2.75) is 45.8 Å². The molecular weight excluding hydrogens is 438 g/mol. The van der Waals surface area contributed by atoms with Crippen molar-refractivity contribution in [1.29, 1.82) is 5.41 Å². The Morgan fingerprint density at radius 1 is 1.19 bits per heavy atom. The third kappa shape index (κ3) is 5.84. The predicted octanol–water partition coefficient (Wildman–Crippen LogP) is 5.10. The number of benzene rings is 1. The Morgan fingerprint density at radius 3 is 2.29 bits per heavy atom. The Bertz CT molecular complexity index is 996. The highest BCUT2D eigenvalue weighted by Crippen LogP contribution is 2.28. The first-order valence-electron chi connectivity index (χ1n) is 9.26. The van der Waals surface area contributed by atoms with Gasteiger partial charge < -0.3 is 10.6 Å². The zero-order chi connectivity index (χ0) is 23.5. The Hall–Kier alpha value is -2.88. The highest BCUT2D eigenvalue weighted by atomic mass is 35.5. The zero-order valence-corrected chi connectivity index (χ0v) is 18.0. The number of hydrogen-bond donors (Lipinski definition) is 3. The third-order valence-corrected chi connectivity index (χ3v) is 4.81. The van der Waals surface area contributed by atoms with Crippen molar-refractivity contribution in [2.24, 2.45) is 0 Å². The van der Waals surface area contributed by atoms with Gasteiger partial charge in [0.25, 0.3) is 0 Å². The second-order valence-corrected chi connectivity index (χ2v) is 7.53. The van der Waals surface area contributed by atoms with Crippen molar-refractivity contribution < 1.29 is 22.4 Å². The Balaban J connectivity index is 2.21. The molecular formula is C20H22ClF4N5O. The minimum absolute atomic E-state index is 0.0607. The van der Waals surface area contributed by atoms with Crippen LogP contribution in [0.2, 0.25) is 0 Å². The molecule has 2 rings (SSSR count). The summed E-state index contributed by atoms with van der Waals surface area (Å²) in [6, 6.07) is 4.74. The van der Waals surface area contributed by atoms with Crippen LogP contribution in [0.25, 0.3) is 5.69 Å². The number of nitrogens with one attached hydrogen (secondary N) is 3. The molecule has 2 aromatic rings. The molecule has 0 aliphatic heterocycles. The van der Waals surface area contributed by atoms with Gasteiger partial charge in [-0.1, -0.05) is 25.4 Å². The van der Waals surface area contributed by atoms with E-state index >= 15 is 0 Å². The number of allylic oxidation sites excluding steroid dienone is 2. The number of alkyl halides is 3. The van der Waals surface area contributed by atoms with Crippen LogP contribution in [-0.2, 0) is 4.79 Å². The van der Waals surface area contributed by atoms with Gasteiger partial charge in [-0.25, -0.2) is 9.07 Å². The number of amides is 1. The molecule has 1 aromatic heterocycles. The van der Waals surface area contributed by atoms with Crippen LogP contribution in [0.15, 0.2) is 41.2 Å². The maximum atomic E-state index is 13.2. The van der Waals surface area contributed by atoms with Gasteiger partial charge in [-0.3, -0.25) is 10.2 Å². The first kappa shape index (κ1) is 24.4. The Morgan fingerprint density at radius 2 is 1.77 bits per heavy atom. The number of aromatic nitrogens is 2. The van der Waals surface area contributed by atoms with Crippen LogP contribution in [0.1, 0.15) is 39.3 Å². The van der Waals surface area contributed by atoms with Crippen molar-refractivity contribution in [1.82, 2.24) is 15.1 Å². The van der Waals surface area contributed by atoms with E-state index in [9.17, 15) is 22.4 Å². The second kappa shape index (κ2) is 9.51. The monoisotopic (exact) mass is 459 g/mol. The van der Waals surface area contributed by atoms with E-state index in [0.717, 1.165) is 0 Å². The van der Waals surface area contributed by atoms with Gasteiger partial charge in [0.05, 0.1) is 28.3 Å². The standard InChI is InChI=1S/C20H22ClF4N5O/c1-10(2)17-15(9-27-30(17)14-7-5-13(22)6-8-14)29-19(31)12(4)28-11(3)16(21)18(26)20(23,24)25/h5-10,12,26,28H,1-4H3,(H,29,31)/b16-11+,26-18?. The van der Waals surface area contributed by atoms with Gasteiger partial charge >= 0.3 is 6.18 Å². The fraction of sp³-hybridized carbons (Fsp3) is 0.350. The number of anilines is 1. The lowest BCUT2D eigenvalue weighted by molar-refractivity contribution is -0.117. The maximum absolute atomic E-state index is 13.2. The summed E-state index contributed by atoms with van der Waals surface area (Å²) in [6.45, 7) is 6.48. The highest BCUT2D eigenvalue weighted by Gasteiger charge is 2.37. The fourth-order valence-electron chi connectivity index (χ4n) is 2.80. The van der Waals surface area contributed by atoms with Gasteiger partial charge in [-0.2, -0.15) is 18.3 Å². The predicted molar refractivity (Wildman–Crippen MR) is 111 cm³/mol. The minimum Gasteiger partial charge on any atom is -0.376 e. The van der Waals surface area contributed by atoms with Crippen LogP contribution in [0.3, 0.4) is 0 Å². The molecule has 0 spiro atoms. The summed E-state index contributed by atoms with van der Waals surface area (Å²) in [6.07, 6.45) is -3.45. The smallest absolute Gasteiger partial charge is 0.376 e. The SMILES string of the molecule is C/C(NC(C)C(=O)Nc1cnn(-c2ccc(F)cc2)c1C(C)C)=C(\Cl)C(=N)C(F)(F)F. The van der Waals surface area contributed by atoms with Crippen molar-refractivity contribution in [3.05, 3.63) is 52.7 Å². The molecule has 31 heavy (non-hydrogen) atoms. The summed E-state index contributed by atoms with van der Waals surface area (Å²) >= 11 is 5.63. The third-order valence-electron chi connectivity index (χ3n) is 4.34. The average molecular weight is 460 g/mol. The lowest BCUT2D eigenvalue weighted by Gasteiger charge is -2.18. The molecule has 1 atom stereocenters. The van der Waals surface area contributed by atoms with E-state index in [4.69, 9.17) is 17.0 Å². The lowest BCUT2D eigenvalue weighted by Crippen LogP contribution is -2.38.